The van der Waals surface area contributed by atoms with Crippen molar-refractivity contribution in [2.45, 2.75) is 158 Å². The maximum atomic E-state index is 5.09. The van der Waals surface area contributed by atoms with Gasteiger partial charge in [0.15, 0.2) is 5.89 Å². The van der Waals surface area contributed by atoms with E-state index in [-0.39, 0.29) is 32.6 Å². The molecule has 5 aromatic rings. The SMILES string of the molecule is CC(C)(C)C1=CCC=N1.CC(C)(C)c1ccccn1.CC(C)(C)c1ncc[nH]1.CC(C)(C)c1ncco1.CC(C)(C)c1nccs1.CC(C)(C)n1cccn1. The number of aliphatic imine (C=N–C) groups is 1. The fraction of sp³-hybridized carbons (Fsp3) is 0.556. The first kappa shape index (κ1) is 48.8. The van der Waals surface area contributed by atoms with Gasteiger partial charge in [0.1, 0.15) is 12.1 Å². The second kappa shape index (κ2) is 21.2. The molecule has 0 fully saturated rings. The van der Waals surface area contributed by atoms with Crippen LogP contribution in [0.5, 0.6) is 0 Å². The van der Waals surface area contributed by atoms with E-state index in [2.05, 4.69) is 172 Å². The summed E-state index contributed by atoms with van der Waals surface area (Å²) in [6.45, 7) is 38.5. The number of thiazole rings is 1. The molecule has 1 aliphatic heterocycles. The standard InChI is InChI=1S/C9H13N.C8H13N.2C7H12N2.C7H11NO.C7H11NS/c1-9(2,3)8-6-4-5-7-10-8;1-8(2,3)7-5-4-6-9-7;1-7(2,3)6-8-4-5-9-6;1-7(2,3)9-6-4-5-8-9;2*1-7(2,3)6-8-4-5-9-6/h4-7H,1-3H3;5-6H,4H2,1-3H3;4-5H,1-3H3,(H,8,9);4-6H,1-3H3;2*4-5H,1-3H3. The first-order valence-corrected chi connectivity index (χ1v) is 20.0. The molecule has 0 saturated heterocycles. The maximum Gasteiger partial charge on any atom is 0.199 e. The number of hydrogen-bond donors (Lipinski definition) is 1. The molecule has 1 aliphatic rings. The molecule has 304 valence electrons. The minimum atomic E-state index is 0.0451. The minimum absolute atomic E-state index is 0.0451. The number of aromatic amines is 1. The number of nitrogens with zero attached hydrogens (tertiary/aromatic N) is 7. The van der Waals surface area contributed by atoms with Crippen LogP contribution in [0.1, 0.15) is 153 Å². The van der Waals surface area contributed by atoms with Gasteiger partial charge in [0, 0.05) is 93.7 Å². The molecule has 0 radical (unpaired) electrons. The molecule has 0 aromatic carbocycles. The Morgan fingerprint density at radius 1 is 0.636 bits per heavy atom. The number of nitrogens with one attached hydrogen (secondary N) is 1. The van der Waals surface area contributed by atoms with E-state index in [1.807, 2.05) is 59.3 Å². The molecule has 10 heteroatoms. The minimum Gasteiger partial charge on any atom is -0.448 e. The summed E-state index contributed by atoms with van der Waals surface area (Å²) in [5.41, 5.74) is 3.36. The summed E-state index contributed by atoms with van der Waals surface area (Å²) >= 11 is 1.72. The third-order valence-corrected chi connectivity index (χ3v) is 8.60. The lowest BCUT2D eigenvalue weighted by Gasteiger charge is -2.18. The van der Waals surface area contributed by atoms with E-state index in [9.17, 15) is 0 Å². The van der Waals surface area contributed by atoms with Crippen LogP contribution < -0.4 is 0 Å². The monoisotopic (exact) mass is 773 g/mol. The van der Waals surface area contributed by atoms with Gasteiger partial charge in [-0.05, 0) is 39.0 Å². The molecular weight excluding hydrogens is 701 g/mol. The normalized spacial score (nSPS) is 12.9. The highest BCUT2D eigenvalue weighted by atomic mass is 32.1. The zero-order valence-electron chi connectivity index (χ0n) is 37.3. The van der Waals surface area contributed by atoms with Crippen LogP contribution in [0.15, 0.2) is 100 Å². The smallest absolute Gasteiger partial charge is 0.199 e. The van der Waals surface area contributed by atoms with E-state index in [1.54, 1.807) is 36.2 Å². The van der Waals surface area contributed by atoms with Crippen molar-refractivity contribution in [3.8, 4) is 0 Å². The fourth-order valence-corrected chi connectivity index (χ4v) is 4.93. The second-order valence-electron chi connectivity index (χ2n) is 19.3. The third-order valence-electron chi connectivity index (χ3n) is 7.40. The number of pyridine rings is 1. The van der Waals surface area contributed by atoms with Crippen molar-refractivity contribution in [3.63, 3.8) is 0 Å². The second-order valence-corrected chi connectivity index (χ2v) is 20.2. The molecular formula is C45H72N8OS. The zero-order chi connectivity index (χ0) is 42.1. The number of hydrogen-bond acceptors (Lipinski definition) is 8. The summed E-state index contributed by atoms with van der Waals surface area (Å²) < 4.78 is 7.02. The average Bonchev–Trinajstić information content (AvgIpc) is 3.91. The van der Waals surface area contributed by atoms with Gasteiger partial charge >= 0.3 is 0 Å². The van der Waals surface area contributed by atoms with E-state index < -0.39 is 0 Å². The Kier molecular flexibility index (Phi) is 18.8. The van der Waals surface area contributed by atoms with Gasteiger partial charge < -0.3 is 9.40 Å². The van der Waals surface area contributed by atoms with Crippen molar-refractivity contribution in [1.82, 2.24) is 34.7 Å². The van der Waals surface area contributed by atoms with Crippen LogP contribution in [0.4, 0.5) is 0 Å². The largest absolute Gasteiger partial charge is 0.448 e. The molecule has 0 bridgehead atoms. The number of aromatic nitrogens is 7. The van der Waals surface area contributed by atoms with Crippen LogP contribution in [0.25, 0.3) is 0 Å². The van der Waals surface area contributed by atoms with E-state index in [4.69, 9.17) is 4.42 Å². The molecule has 0 amide bonds. The lowest BCUT2D eigenvalue weighted by molar-refractivity contribution is 0.355. The lowest BCUT2D eigenvalue weighted by Crippen LogP contribution is -2.21. The Morgan fingerprint density at radius 3 is 1.55 bits per heavy atom. The average molecular weight is 773 g/mol. The van der Waals surface area contributed by atoms with Crippen LogP contribution in [-0.4, -0.2) is 40.9 Å². The molecule has 5 aromatic heterocycles. The van der Waals surface area contributed by atoms with Crippen LogP contribution in [0.2, 0.25) is 0 Å². The Labute approximate surface area is 337 Å². The van der Waals surface area contributed by atoms with Gasteiger partial charge in [-0.2, -0.15) is 5.10 Å². The topological polar surface area (TPSA) is 111 Å². The number of H-pyrrole nitrogens is 1. The lowest BCUT2D eigenvalue weighted by atomic mass is 9.92. The van der Waals surface area contributed by atoms with Crippen molar-refractivity contribution in [2.24, 2.45) is 10.4 Å². The molecule has 0 unspecified atom stereocenters. The molecule has 1 N–H and O–H groups in total. The van der Waals surface area contributed by atoms with Gasteiger partial charge in [0.2, 0.25) is 0 Å². The molecule has 0 atom stereocenters. The summed E-state index contributed by atoms with van der Waals surface area (Å²) in [5.74, 6) is 1.84. The highest BCUT2D eigenvalue weighted by Crippen LogP contribution is 2.28. The van der Waals surface area contributed by atoms with Crippen molar-refractivity contribution in [2.75, 3.05) is 0 Å². The Morgan fingerprint density at radius 2 is 1.31 bits per heavy atom. The third kappa shape index (κ3) is 20.4. The molecule has 55 heavy (non-hydrogen) atoms. The van der Waals surface area contributed by atoms with E-state index in [0.717, 1.165) is 23.8 Å². The zero-order valence-corrected chi connectivity index (χ0v) is 38.1. The highest BCUT2D eigenvalue weighted by Gasteiger charge is 2.19. The predicted octanol–water partition coefficient (Wildman–Crippen LogP) is 12.5. The van der Waals surface area contributed by atoms with Crippen molar-refractivity contribution < 1.29 is 4.42 Å². The van der Waals surface area contributed by atoms with Crippen LogP contribution in [0.3, 0.4) is 0 Å². The van der Waals surface area contributed by atoms with E-state index in [0.29, 0.717) is 0 Å². The van der Waals surface area contributed by atoms with E-state index >= 15 is 0 Å². The first-order chi connectivity index (χ1) is 25.1. The molecule has 0 aliphatic carbocycles. The number of oxazole rings is 1. The van der Waals surface area contributed by atoms with Gasteiger partial charge in [0.25, 0.3) is 0 Å². The number of allylic oxidation sites excluding steroid dienone is 2. The molecule has 6 rings (SSSR count). The van der Waals surface area contributed by atoms with Gasteiger partial charge in [-0.3, -0.25) is 14.7 Å². The molecule has 9 nitrogen and oxygen atoms in total. The predicted molar refractivity (Wildman–Crippen MR) is 234 cm³/mol. The summed E-state index contributed by atoms with van der Waals surface area (Å²) in [7, 11) is 0. The van der Waals surface area contributed by atoms with Crippen LogP contribution >= 0.6 is 11.3 Å². The Hall–Kier alpha value is -4.18. The Balaban J connectivity index is 0.000000330. The first-order valence-electron chi connectivity index (χ1n) is 19.1. The molecule has 0 saturated carbocycles. The van der Waals surface area contributed by atoms with Crippen LogP contribution in [-0.2, 0) is 27.2 Å². The molecule has 6 heterocycles. The van der Waals surface area contributed by atoms with Crippen molar-refractivity contribution in [3.05, 3.63) is 113 Å². The van der Waals surface area contributed by atoms with E-state index in [1.165, 1.54) is 10.7 Å². The maximum absolute atomic E-state index is 5.09. The van der Waals surface area contributed by atoms with Crippen molar-refractivity contribution >= 4 is 17.6 Å². The summed E-state index contributed by atoms with van der Waals surface area (Å²) in [5, 5.41) is 7.33. The van der Waals surface area contributed by atoms with Gasteiger partial charge in [-0.1, -0.05) is 116 Å². The van der Waals surface area contributed by atoms with Gasteiger partial charge in [-0.25, -0.2) is 15.0 Å². The number of rotatable bonds is 0. The van der Waals surface area contributed by atoms with Gasteiger partial charge in [-0.15, -0.1) is 11.3 Å². The van der Waals surface area contributed by atoms with Gasteiger partial charge in [0.05, 0.1) is 16.7 Å². The quantitative estimate of drug-likeness (QED) is 0.168. The Bertz CT molecular complexity index is 1550. The fourth-order valence-electron chi connectivity index (χ4n) is 4.20. The van der Waals surface area contributed by atoms with Crippen LogP contribution in [0, 0.1) is 5.41 Å². The summed E-state index contributed by atoms with van der Waals surface area (Å²) in [4.78, 5) is 23.9. The number of imidazole rings is 1. The molecule has 0 spiro atoms. The summed E-state index contributed by atoms with van der Waals surface area (Å²) in [6, 6.07) is 7.95. The highest BCUT2D eigenvalue weighted by molar-refractivity contribution is 7.09. The summed E-state index contributed by atoms with van der Waals surface area (Å²) in [6.07, 6.45) is 19.5. The van der Waals surface area contributed by atoms with Crippen molar-refractivity contribution in [1.29, 1.82) is 0 Å².